The molecule has 0 unspecified atom stereocenters. The summed E-state index contributed by atoms with van der Waals surface area (Å²) in [5.74, 6) is -0.386. The number of hydrogen-bond donors (Lipinski definition) is 0. The molecular formula is C18H13F7N2O. The summed E-state index contributed by atoms with van der Waals surface area (Å²) in [7, 11) is 0. The normalized spacial score (nSPS) is 11.8. The van der Waals surface area contributed by atoms with E-state index < -0.39 is 42.5 Å². The van der Waals surface area contributed by atoms with Crippen LogP contribution in [-0.2, 0) is 6.18 Å². The maximum Gasteiger partial charge on any atom is 0.418 e. The third kappa shape index (κ3) is 6.04. The van der Waals surface area contributed by atoms with Crippen molar-refractivity contribution >= 4 is 5.69 Å². The average Bonchev–Trinajstić information content (AvgIpc) is 2.60. The predicted molar refractivity (Wildman–Crippen MR) is 86.3 cm³/mol. The highest BCUT2D eigenvalue weighted by molar-refractivity contribution is 5.58. The van der Waals surface area contributed by atoms with E-state index in [9.17, 15) is 30.7 Å². The van der Waals surface area contributed by atoms with Crippen LogP contribution in [0.3, 0.4) is 0 Å². The molecule has 0 atom stereocenters. The van der Waals surface area contributed by atoms with Crippen molar-refractivity contribution in [2.75, 3.05) is 24.6 Å². The molecule has 0 spiro atoms. The molecule has 2 rings (SSSR count). The molecule has 0 amide bonds. The third-order valence-corrected chi connectivity index (χ3v) is 3.59. The van der Waals surface area contributed by atoms with E-state index in [0.717, 1.165) is 24.3 Å². The van der Waals surface area contributed by atoms with Crippen LogP contribution in [0.15, 0.2) is 42.5 Å². The van der Waals surface area contributed by atoms with Gasteiger partial charge >= 0.3 is 12.4 Å². The number of hydrogen-bond acceptors (Lipinski definition) is 3. The van der Waals surface area contributed by atoms with Gasteiger partial charge in [0.1, 0.15) is 24.7 Å². The first-order chi connectivity index (χ1) is 13.0. The lowest BCUT2D eigenvalue weighted by molar-refractivity contribution is -0.138. The van der Waals surface area contributed by atoms with E-state index in [0.29, 0.717) is 11.0 Å². The van der Waals surface area contributed by atoms with Crippen molar-refractivity contribution in [3.63, 3.8) is 0 Å². The smallest absolute Gasteiger partial charge is 0.418 e. The fraction of sp³-hybridized carbons (Fsp3) is 0.278. The topological polar surface area (TPSA) is 36.3 Å². The van der Waals surface area contributed by atoms with Gasteiger partial charge in [0.15, 0.2) is 0 Å². The van der Waals surface area contributed by atoms with Crippen LogP contribution < -0.4 is 9.64 Å². The Balaban J connectivity index is 2.27. The van der Waals surface area contributed by atoms with Gasteiger partial charge in [0, 0.05) is 5.69 Å². The molecule has 2 aromatic rings. The molecule has 2 aromatic carbocycles. The van der Waals surface area contributed by atoms with Crippen LogP contribution in [-0.4, -0.2) is 25.9 Å². The SMILES string of the molecule is N#Cc1ccc(N(CCOc2ccc(F)cc2)CC(F)(F)F)c(C(F)(F)F)c1. The summed E-state index contributed by atoms with van der Waals surface area (Å²) in [4.78, 5) is 0.480. The number of anilines is 1. The van der Waals surface area contributed by atoms with E-state index in [1.165, 1.54) is 18.2 Å². The number of alkyl halides is 6. The highest BCUT2D eigenvalue weighted by Crippen LogP contribution is 2.38. The Morgan fingerprint density at radius 3 is 2.14 bits per heavy atom. The summed E-state index contributed by atoms with van der Waals surface area (Å²) in [5.41, 5.74) is -2.39. The van der Waals surface area contributed by atoms with Crippen LogP contribution in [0.25, 0.3) is 0 Å². The first-order valence-corrected chi connectivity index (χ1v) is 7.81. The second-order valence-electron chi connectivity index (χ2n) is 5.68. The van der Waals surface area contributed by atoms with Gasteiger partial charge in [-0.2, -0.15) is 31.6 Å². The Kier molecular flexibility index (Phi) is 6.38. The van der Waals surface area contributed by atoms with Gasteiger partial charge < -0.3 is 9.64 Å². The molecule has 3 nitrogen and oxygen atoms in total. The minimum absolute atomic E-state index is 0.157. The van der Waals surface area contributed by atoms with Crippen LogP contribution in [0, 0.1) is 17.1 Å². The highest BCUT2D eigenvalue weighted by atomic mass is 19.4. The number of nitrogens with zero attached hydrogens (tertiary/aromatic N) is 2. The Labute approximate surface area is 155 Å². The average molecular weight is 406 g/mol. The Morgan fingerprint density at radius 1 is 0.964 bits per heavy atom. The quantitative estimate of drug-likeness (QED) is 0.622. The minimum Gasteiger partial charge on any atom is -0.492 e. The molecule has 0 aliphatic rings. The second-order valence-corrected chi connectivity index (χ2v) is 5.68. The van der Waals surface area contributed by atoms with Crippen molar-refractivity contribution in [3.8, 4) is 11.8 Å². The van der Waals surface area contributed by atoms with E-state index in [1.54, 1.807) is 0 Å². The molecule has 0 saturated carbocycles. The lowest BCUT2D eigenvalue weighted by Crippen LogP contribution is -2.38. The molecule has 28 heavy (non-hydrogen) atoms. The van der Waals surface area contributed by atoms with Gasteiger partial charge in [0.2, 0.25) is 0 Å². The van der Waals surface area contributed by atoms with Crippen molar-refractivity contribution in [1.29, 1.82) is 5.26 Å². The molecule has 0 heterocycles. The van der Waals surface area contributed by atoms with Crippen molar-refractivity contribution in [3.05, 3.63) is 59.4 Å². The standard InChI is InChI=1S/C18H13F7N2O/c19-13-2-4-14(5-3-13)28-8-7-27(11-17(20,21)22)16-6-1-12(10-26)9-15(16)18(23,24)25/h1-6,9H,7-8,11H2. The maximum absolute atomic E-state index is 13.3. The van der Waals surface area contributed by atoms with Crippen molar-refractivity contribution in [1.82, 2.24) is 0 Å². The van der Waals surface area contributed by atoms with Gasteiger partial charge in [0.05, 0.1) is 23.7 Å². The minimum atomic E-state index is -4.95. The number of rotatable bonds is 6. The predicted octanol–water partition coefficient (Wildman–Crippen LogP) is 5.16. The monoisotopic (exact) mass is 406 g/mol. The summed E-state index contributed by atoms with van der Waals surface area (Å²) in [6, 6.07) is 8.49. The Morgan fingerprint density at radius 2 is 1.61 bits per heavy atom. The van der Waals surface area contributed by atoms with E-state index >= 15 is 0 Å². The zero-order valence-electron chi connectivity index (χ0n) is 14.1. The van der Waals surface area contributed by atoms with Crippen molar-refractivity contribution in [2.45, 2.75) is 12.4 Å². The molecule has 150 valence electrons. The van der Waals surface area contributed by atoms with Crippen LogP contribution >= 0.6 is 0 Å². The zero-order valence-corrected chi connectivity index (χ0v) is 14.1. The molecule has 0 fully saturated rings. The summed E-state index contributed by atoms with van der Waals surface area (Å²) < 4.78 is 96.6. The first kappa shape index (κ1) is 21.3. The lowest BCUT2D eigenvalue weighted by atomic mass is 10.1. The number of halogens is 7. The Bertz CT molecular complexity index is 839. The summed E-state index contributed by atoms with van der Waals surface area (Å²) in [5, 5.41) is 8.77. The molecular weight excluding hydrogens is 393 g/mol. The summed E-state index contributed by atoms with van der Waals surface area (Å²) in [6.45, 7) is -2.54. The molecule has 0 aliphatic heterocycles. The molecule has 0 aliphatic carbocycles. The molecule has 0 bridgehead atoms. The van der Waals surface area contributed by atoms with Gasteiger partial charge in [-0.3, -0.25) is 0 Å². The second kappa shape index (κ2) is 8.37. The Hall–Kier alpha value is -2.96. The van der Waals surface area contributed by atoms with Gasteiger partial charge in [-0.25, -0.2) is 4.39 Å². The fourth-order valence-corrected chi connectivity index (χ4v) is 2.41. The van der Waals surface area contributed by atoms with Gasteiger partial charge in [-0.1, -0.05) is 0 Å². The molecule has 0 radical (unpaired) electrons. The molecule has 0 N–H and O–H groups in total. The molecule has 0 aromatic heterocycles. The summed E-state index contributed by atoms with van der Waals surface area (Å²) in [6.07, 6.45) is -9.73. The molecule has 10 heteroatoms. The lowest BCUT2D eigenvalue weighted by Gasteiger charge is -2.28. The van der Waals surface area contributed by atoms with Gasteiger partial charge in [-0.05, 0) is 42.5 Å². The van der Waals surface area contributed by atoms with Gasteiger partial charge in [0.25, 0.3) is 0 Å². The number of nitriles is 1. The van der Waals surface area contributed by atoms with Crippen LogP contribution in [0.4, 0.5) is 36.4 Å². The van der Waals surface area contributed by atoms with Crippen LogP contribution in [0.1, 0.15) is 11.1 Å². The van der Waals surface area contributed by atoms with Crippen molar-refractivity contribution in [2.24, 2.45) is 0 Å². The molecule has 0 saturated heterocycles. The van der Waals surface area contributed by atoms with E-state index in [4.69, 9.17) is 10.00 Å². The van der Waals surface area contributed by atoms with E-state index in [-0.39, 0.29) is 17.9 Å². The summed E-state index contributed by atoms with van der Waals surface area (Å²) >= 11 is 0. The van der Waals surface area contributed by atoms with Crippen LogP contribution in [0.2, 0.25) is 0 Å². The first-order valence-electron chi connectivity index (χ1n) is 7.81. The largest absolute Gasteiger partial charge is 0.492 e. The highest BCUT2D eigenvalue weighted by Gasteiger charge is 2.38. The van der Waals surface area contributed by atoms with Crippen LogP contribution in [0.5, 0.6) is 5.75 Å². The van der Waals surface area contributed by atoms with Gasteiger partial charge in [-0.15, -0.1) is 0 Å². The number of benzene rings is 2. The number of ether oxygens (including phenoxy) is 1. The zero-order chi connectivity index (χ0) is 20.9. The van der Waals surface area contributed by atoms with Crippen molar-refractivity contribution < 1.29 is 35.5 Å². The maximum atomic E-state index is 13.3. The van der Waals surface area contributed by atoms with E-state index in [2.05, 4.69) is 0 Å². The third-order valence-electron chi connectivity index (χ3n) is 3.59. The fourth-order valence-electron chi connectivity index (χ4n) is 2.41. The van der Waals surface area contributed by atoms with E-state index in [1.807, 2.05) is 0 Å².